The van der Waals surface area contributed by atoms with Crippen molar-refractivity contribution in [2.24, 2.45) is 0 Å². The summed E-state index contributed by atoms with van der Waals surface area (Å²) in [6.07, 6.45) is 0.660. The Bertz CT molecular complexity index is 517. The molecule has 1 aromatic carbocycles. The molecule has 7 heteroatoms. The van der Waals surface area contributed by atoms with E-state index in [0.717, 1.165) is 5.56 Å². The molecular weight excluding hydrogens is 274 g/mol. The predicted molar refractivity (Wildman–Crippen MR) is 78.1 cm³/mol. The number of carbonyl (C=O) groups is 3. The van der Waals surface area contributed by atoms with E-state index in [1.165, 1.54) is 7.05 Å². The van der Waals surface area contributed by atoms with Gasteiger partial charge in [0.2, 0.25) is 5.91 Å². The van der Waals surface area contributed by atoms with Crippen LogP contribution in [-0.4, -0.2) is 36.6 Å². The lowest BCUT2D eigenvalue weighted by Gasteiger charge is -2.08. The lowest BCUT2D eigenvalue weighted by Crippen LogP contribution is -2.32. The van der Waals surface area contributed by atoms with Crippen molar-refractivity contribution in [3.63, 3.8) is 0 Å². The third-order valence-corrected chi connectivity index (χ3v) is 2.73. The molecule has 0 saturated carbocycles. The summed E-state index contributed by atoms with van der Waals surface area (Å²) in [7, 11) is 1.53. The second-order valence-corrected chi connectivity index (χ2v) is 4.40. The van der Waals surface area contributed by atoms with Crippen LogP contribution in [0.25, 0.3) is 0 Å². The normalized spacial score (nSPS) is 9.76. The number of rotatable bonds is 7. The first kappa shape index (κ1) is 16.5. The molecule has 7 nitrogen and oxygen atoms in total. The number of nitrogens with one attached hydrogen (secondary N) is 3. The largest absolute Gasteiger partial charge is 0.481 e. The summed E-state index contributed by atoms with van der Waals surface area (Å²) in [5.74, 6) is -1.01. The number of aliphatic carboxylic acids is 1. The Morgan fingerprint density at radius 2 is 1.95 bits per heavy atom. The Morgan fingerprint density at radius 3 is 2.62 bits per heavy atom. The van der Waals surface area contributed by atoms with Gasteiger partial charge < -0.3 is 21.1 Å². The molecular formula is C14H19N3O4. The minimum Gasteiger partial charge on any atom is -0.481 e. The first-order valence-corrected chi connectivity index (χ1v) is 6.57. The molecule has 0 radical (unpaired) electrons. The maximum absolute atomic E-state index is 11.6. The fourth-order valence-corrected chi connectivity index (χ4v) is 1.65. The quantitative estimate of drug-likeness (QED) is 0.600. The topological polar surface area (TPSA) is 108 Å². The zero-order valence-electron chi connectivity index (χ0n) is 11.8. The fourth-order valence-electron chi connectivity index (χ4n) is 1.65. The molecule has 0 unspecified atom stereocenters. The lowest BCUT2D eigenvalue weighted by molar-refractivity contribution is -0.137. The minimum absolute atomic E-state index is 0.0434. The van der Waals surface area contributed by atoms with Crippen LogP contribution < -0.4 is 16.0 Å². The molecule has 0 aliphatic heterocycles. The highest BCUT2D eigenvalue weighted by Crippen LogP contribution is 2.12. The fraction of sp³-hybridized carbons (Fsp3) is 0.357. The van der Waals surface area contributed by atoms with E-state index in [1.807, 2.05) is 0 Å². The Labute approximate surface area is 122 Å². The summed E-state index contributed by atoms with van der Waals surface area (Å²) < 4.78 is 0. The van der Waals surface area contributed by atoms with Gasteiger partial charge in [0, 0.05) is 32.1 Å². The molecule has 0 saturated heterocycles. The third-order valence-electron chi connectivity index (χ3n) is 2.73. The third kappa shape index (κ3) is 6.95. The predicted octanol–water partition coefficient (Wildman–Crippen LogP) is 0.961. The number of anilines is 1. The van der Waals surface area contributed by atoms with Gasteiger partial charge in [-0.05, 0) is 24.1 Å². The van der Waals surface area contributed by atoms with Crippen molar-refractivity contribution in [1.29, 1.82) is 0 Å². The second kappa shape index (κ2) is 8.57. The summed E-state index contributed by atoms with van der Waals surface area (Å²) in [5, 5.41) is 16.3. The van der Waals surface area contributed by atoms with E-state index in [2.05, 4.69) is 16.0 Å². The van der Waals surface area contributed by atoms with E-state index < -0.39 is 12.0 Å². The number of hydrogen-bond donors (Lipinski definition) is 4. The van der Waals surface area contributed by atoms with Crippen molar-refractivity contribution in [1.82, 2.24) is 10.6 Å². The van der Waals surface area contributed by atoms with Crippen LogP contribution in [0.1, 0.15) is 18.4 Å². The summed E-state index contributed by atoms with van der Waals surface area (Å²) in [6, 6.07) is 6.58. The van der Waals surface area contributed by atoms with Gasteiger partial charge in [-0.2, -0.15) is 0 Å². The zero-order valence-corrected chi connectivity index (χ0v) is 11.8. The summed E-state index contributed by atoms with van der Waals surface area (Å²) in [5.41, 5.74) is 1.41. The van der Waals surface area contributed by atoms with Crippen LogP contribution in [-0.2, 0) is 16.0 Å². The van der Waals surface area contributed by atoms with Gasteiger partial charge in [-0.1, -0.05) is 12.1 Å². The standard InChI is InChI=1S/C14H19N3O4/c1-15-12(18)7-8-16-14(21)17-11-4-2-3-10(9-11)5-6-13(19)20/h2-4,9H,5-8H2,1H3,(H,15,18)(H,19,20)(H2,16,17,21). The van der Waals surface area contributed by atoms with Crippen LogP contribution >= 0.6 is 0 Å². The Balaban J connectivity index is 2.43. The summed E-state index contributed by atoms with van der Waals surface area (Å²) in [6.45, 7) is 0.240. The van der Waals surface area contributed by atoms with E-state index in [1.54, 1.807) is 24.3 Å². The van der Waals surface area contributed by atoms with Gasteiger partial charge in [-0.15, -0.1) is 0 Å². The molecule has 0 heterocycles. The van der Waals surface area contributed by atoms with Crippen LogP contribution in [0.3, 0.4) is 0 Å². The molecule has 0 bridgehead atoms. The van der Waals surface area contributed by atoms with Crippen LogP contribution in [0.4, 0.5) is 10.5 Å². The molecule has 114 valence electrons. The Kier molecular flexibility index (Phi) is 6.73. The Hall–Kier alpha value is -2.57. The highest BCUT2D eigenvalue weighted by molar-refractivity contribution is 5.89. The SMILES string of the molecule is CNC(=O)CCNC(=O)Nc1cccc(CCC(=O)O)c1. The lowest BCUT2D eigenvalue weighted by atomic mass is 10.1. The van der Waals surface area contributed by atoms with Crippen LogP contribution in [0, 0.1) is 0 Å². The van der Waals surface area contributed by atoms with E-state index in [-0.39, 0.29) is 25.3 Å². The maximum atomic E-state index is 11.6. The molecule has 0 fully saturated rings. The van der Waals surface area contributed by atoms with Gasteiger partial charge in [0.15, 0.2) is 0 Å². The molecule has 0 aliphatic carbocycles. The number of carbonyl (C=O) groups excluding carboxylic acids is 2. The molecule has 1 rings (SSSR count). The first-order valence-electron chi connectivity index (χ1n) is 6.57. The number of amides is 3. The summed E-state index contributed by atoms with van der Waals surface area (Å²) >= 11 is 0. The van der Waals surface area contributed by atoms with Crippen molar-refractivity contribution in [2.75, 3.05) is 18.9 Å². The van der Waals surface area contributed by atoms with Crippen LogP contribution in [0.5, 0.6) is 0 Å². The number of benzene rings is 1. The van der Waals surface area contributed by atoms with Gasteiger partial charge in [0.25, 0.3) is 0 Å². The van der Waals surface area contributed by atoms with Crippen molar-refractivity contribution in [3.05, 3.63) is 29.8 Å². The highest BCUT2D eigenvalue weighted by Gasteiger charge is 2.04. The number of urea groups is 1. The molecule has 0 aromatic heterocycles. The van der Waals surface area contributed by atoms with Gasteiger partial charge in [-0.25, -0.2) is 4.79 Å². The number of hydrogen-bond acceptors (Lipinski definition) is 3. The van der Waals surface area contributed by atoms with Crippen LogP contribution in [0.2, 0.25) is 0 Å². The van der Waals surface area contributed by atoms with E-state index in [9.17, 15) is 14.4 Å². The molecule has 3 amide bonds. The van der Waals surface area contributed by atoms with Gasteiger partial charge in [0.1, 0.15) is 0 Å². The first-order chi connectivity index (χ1) is 10.0. The smallest absolute Gasteiger partial charge is 0.319 e. The van der Waals surface area contributed by atoms with E-state index >= 15 is 0 Å². The van der Waals surface area contributed by atoms with Crippen LogP contribution in [0.15, 0.2) is 24.3 Å². The number of carboxylic acid groups (broad SMARTS) is 1. The molecule has 0 aliphatic rings. The molecule has 1 aromatic rings. The highest BCUT2D eigenvalue weighted by atomic mass is 16.4. The average molecular weight is 293 g/mol. The Morgan fingerprint density at radius 1 is 1.19 bits per heavy atom. The van der Waals surface area contributed by atoms with Crippen molar-refractivity contribution < 1.29 is 19.5 Å². The molecule has 0 spiro atoms. The maximum Gasteiger partial charge on any atom is 0.319 e. The zero-order chi connectivity index (χ0) is 15.7. The van der Waals surface area contributed by atoms with E-state index in [4.69, 9.17) is 5.11 Å². The molecule has 4 N–H and O–H groups in total. The van der Waals surface area contributed by atoms with Gasteiger partial charge in [-0.3, -0.25) is 9.59 Å². The minimum atomic E-state index is -0.861. The molecule has 21 heavy (non-hydrogen) atoms. The average Bonchev–Trinajstić information content (AvgIpc) is 2.45. The van der Waals surface area contributed by atoms with Gasteiger partial charge >= 0.3 is 12.0 Å². The van der Waals surface area contributed by atoms with Crippen molar-refractivity contribution in [3.8, 4) is 0 Å². The number of aryl methyl sites for hydroxylation is 1. The molecule has 0 atom stereocenters. The monoisotopic (exact) mass is 293 g/mol. The summed E-state index contributed by atoms with van der Waals surface area (Å²) in [4.78, 5) is 33.1. The van der Waals surface area contributed by atoms with Crippen molar-refractivity contribution >= 4 is 23.6 Å². The van der Waals surface area contributed by atoms with Gasteiger partial charge in [0.05, 0.1) is 0 Å². The second-order valence-electron chi connectivity index (χ2n) is 4.40. The van der Waals surface area contributed by atoms with Crippen molar-refractivity contribution in [2.45, 2.75) is 19.3 Å². The number of carboxylic acids is 1. The van der Waals surface area contributed by atoms with E-state index in [0.29, 0.717) is 12.1 Å².